The van der Waals surface area contributed by atoms with E-state index in [9.17, 15) is 0 Å². The molecule has 0 N–H and O–H groups in total. The zero-order valence-corrected chi connectivity index (χ0v) is 12.6. The highest BCUT2D eigenvalue weighted by Crippen LogP contribution is 2.16. The van der Waals surface area contributed by atoms with E-state index in [1.807, 2.05) is 0 Å². The van der Waals surface area contributed by atoms with Crippen LogP contribution >= 0.6 is 0 Å². The van der Waals surface area contributed by atoms with E-state index in [1.165, 1.54) is 11.3 Å². The monoisotopic (exact) mass is 235 g/mol. The molecule has 1 nitrogen and oxygen atoms in total. The van der Waals surface area contributed by atoms with E-state index in [0.717, 1.165) is 13.1 Å². The Morgan fingerprint density at radius 2 is 1.56 bits per heavy atom. The van der Waals surface area contributed by atoms with E-state index in [-0.39, 0.29) is 0 Å². The standard InChI is InChI=1S/C14H25NSi/c1-7-15(8-2)13-9-12(3)10-14(11-13)16(4,5)6/h9-11H,7-8H2,1-6H3. The molecule has 0 amide bonds. The lowest BCUT2D eigenvalue weighted by atomic mass is 10.2. The van der Waals surface area contributed by atoms with Gasteiger partial charge in [-0.25, -0.2) is 0 Å². The molecular formula is C14H25NSi. The molecule has 1 rings (SSSR count). The number of nitrogens with zero attached hydrogens (tertiary/aromatic N) is 1. The topological polar surface area (TPSA) is 3.24 Å². The Bertz CT molecular complexity index is 348. The molecule has 1 aromatic rings. The van der Waals surface area contributed by atoms with Crippen LogP contribution in [-0.4, -0.2) is 21.2 Å². The van der Waals surface area contributed by atoms with Gasteiger partial charge < -0.3 is 4.90 Å². The van der Waals surface area contributed by atoms with Gasteiger partial charge in [0.2, 0.25) is 0 Å². The second-order valence-electron chi connectivity index (χ2n) is 5.48. The van der Waals surface area contributed by atoms with E-state index in [2.05, 4.69) is 63.5 Å². The molecule has 0 heterocycles. The summed E-state index contributed by atoms with van der Waals surface area (Å²) in [4.78, 5) is 2.43. The third kappa shape index (κ3) is 3.11. The molecular weight excluding hydrogens is 210 g/mol. The van der Waals surface area contributed by atoms with Gasteiger partial charge >= 0.3 is 0 Å². The van der Waals surface area contributed by atoms with Gasteiger partial charge in [0.05, 0.1) is 8.07 Å². The smallest absolute Gasteiger partial charge is 0.0777 e. The van der Waals surface area contributed by atoms with Gasteiger partial charge in [0.25, 0.3) is 0 Å². The first-order chi connectivity index (χ1) is 7.38. The zero-order chi connectivity index (χ0) is 12.3. The van der Waals surface area contributed by atoms with Crippen molar-refractivity contribution in [2.24, 2.45) is 0 Å². The molecule has 0 saturated heterocycles. The Morgan fingerprint density at radius 1 is 1.00 bits per heavy atom. The van der Waals surface area contributed by atoms with Crippen LogP contribution in [0.25, 0.3) is 0 Å². The molecule has 0 radical (unpaired) electrons. The van der Waals surface area contributed by atoms with Gasteiger partial charge in [-0.2, -0.15) is 0 Å². The predicted octanol–water partition coefficient (Wildman–Crippen LogP) is 3.39. The van der Waals surface area contributed by atoms with Crippen molar-refractivity contribution in [1.82, 2.24) is 0 Å². The van der Waals surface area contributed by atoms with Gasteiger partial charge in [-0.05, 0) is 38.5 Å². The Kier molecular flexibility index (Phi) is 4.19. The largest absolute Gasteiger partial charge is 0.372 e. The molecule has 0 aliphatic heterocycles. The van der Waals surface area contributed by atoms with E-state index in [0.29, 0.717) is 0 Å². The Hall–Kier alpha value is -0.763. The van der Waals surface area contributed by atoms with Gasteiger partial charge in [0, 0.05) is 18.8 Å². The fourth-order valence-electron chi connectivity index (χ4n) is 1.97. The molecule has 0 unspecified atom stereocenters. The summed E-state index contributed by atoms with van der Waals surface area (Å²) in [5.41, 5.74) is 2.78. The minimum absolute atomic E-state index is 1.09. The predicted molar refractivity (Wildman–Crippen MR) is 77.7 cm³/mol. The van der Waals surface area contributed by atoms with Crippen molar-refractivity contribution >= 4 is 18.9 Å². The first kappa shape index (κ1) is 13.3. The molecule has 0 aliphatic carbocycles. The van der Waals surface area contributed by atoms with Crippen LogP contribution in [0.4, 0.5) is 5.69 Å². The van der Waals surface area contributed by atoms with Crippen LogP contribution in [0.3, 0.4) is 0 Å². The Labute approximate surface area is 101 Å². The third-order valence-corrected chi connectivity index (χ3v) is 5.08. The van der Waals surface area contributed by atoms with Crippen LogP contribution in [0.1, 0.15) is 19.4 Å². The average Bonchev–Trinajstić information content (AvgIpc) is 2.17. The van der Waals surface area contributed by atoms with Crippen LogP contribution in [0.5, 0.6) is 0 Å². The van der Waals surface area contributed by atoms with Crippen molar-refractivity contribution in [2.75, 3.05) is 18.0 Å². The number of benzene rings is 1. The van der Waals surface area contributed by atoms with Crippen LogP contribution < -0.4 is 10.1 Å². The molecule has 0 saturated carbocycles. The minimum Gasteiger partial charge on any atom is -0.372 e. The van der Waals surface area contributed by atoms with Gasteiger partial charge in [0.1, 0.15) is 0 Å². The summed E-state index contributed by atoms with van der Waals surface area (Å²) >= 11 is 0. The molecule has 0 bridgehead atoms. The van der Waals surface area contributed by atoms with Gasteiger partial charge in [-0.15, -0.1) is 0 Å². The molecule has 16 heavy (non-hydrogen) atoms. The summed E-state index contributed by atoms with van der Waals surface area (Å²) in [5, 5.41) is 1.56. The number of rotatable bonds is 4. The molecule has 0 aliphatic rings. The molecule has 2 heteroatoms. The maximum absolute atomic E-state index is 2.43. The Balaban J connectivity index is 3.17. The fourth-order valence-corrected chi connectivity index (χ4v) is 3.21. The lowest BCUT2D eigenvalue weighted by molar-refractivity contribution is 0.866. The lowest BCUT2D eigenvalue weighted by Gasteiger charge is -2.25. The third-order valence-electron chi connectivity index (χ3n) is 3.06. The first-order valence-electron chi connectivity index (χ1n) is 6.25. The molecule has 0 spiro atoms. The van der Waals surface area contributed by atoms with Gasteiger partial charge in [-0.3, -0.25) is 0 Å². The molecule has 0 aromatic heterocycles. The molecule has 0 atom stereocenters. The van der Waals surface area contributed by atoms with Crippen molar-refractivity contribution in [3.8, 4) is 0 Å². The van der Waals surface area contributed by atoms with Crippen LogP contribution in [0.2, 0.25) is 19.6 Å². The van der Waals surface area contributed by atoms with Crippen molar-refractivity contribution < 1.29 is 0 Å². The van der Waals surface area contributed by atoms with E-state index < -0.39 is 8.07 Å². The average molecular weight is 235 g/mol. The van der Waals surface area contributed by atoms with Crippen LogP contribution in [0, 0.1) is 6.92 Å². The first-order valence-corrected chi connectivity index (χ1v) is 9.75. The van der Waals surface area contributed by atoms with E-state index in [4.69, 9.17) is 0 Å². The fraction of sp³-hybridized carbons (Fsp3) is 0.571. The van der Waals surface area contributed by atoms with Crippen molar-refractivity contribution in [3.05, 3.63) is 23.8 Å². The van der Waals surface area contributed by atoms with Crippen LogP contribution in [-0.2, 0) is 0 Å². The maximum atomic E-state index is 2.43. The summed E-state index contributed by atoms with van der Waals surface area (Å²) in [6.45, 7) is 16.1. The molecule has 1 aromatic carbocycles. The zero-order valence-electron chi connectivity index (χ0n) is 11.6. The molecule has 0 fully saturated rings. The van der Waals surface area contributed by atoms with E-state index in [1.54, 1.807) is 5.19 Å². The second kappa shape index (κ2) is 5.04. The number of aryl methyl sites for hydroxylation is 1. The highest BCUT2D eigenvalue weighted by molar-refractivity contribution is 6.88. The number of anilines is 1. The van der Waals surface area contributed by atoms with Gasteiger partial charge in [-0.1, -0.05) is 30.9 Å². The normalized spacial score (nSPS) is 11.6. The van der Waals surface area contributed by atoms with Crippen molar-refractivity contribution in [3.63, 3.8) is 0 Å². The lowest BCUT2D eigenvalue weighted by Crippen LogP contribution is -2.38. The maximum Gasteiger partial charge on any atom is 0.0777 e. The summed E-state index contributed by atoms with van der Waals surface area (Å²) in [7, 11) is -1.19. The summed E-state index contributed by atoms with van der Waals surface area (Å²) in [6, 6.07) is 7.06. The summed E-state index contributed by atoms with van der Waals surface area (Å²) in [6.07, 6.45) is 0. The number of hydrogen-bond acceptors (Lipinski definition) is 1. The highest BCUT2D eigenvalue weighted by Gasteiger charge is 2.17. The van der Waals surface area contributed by atoms with Crippen molar-refractivity contribution in [2.45, 2.75) is 40.4 Å². The minimum atomic E-state index is -1.19. The van der Waals surface area contributed by atoms with E-state index >= 15 is 0 Å². The molecule has 90 valence electrons. The summed E-state index contributed by atoms with van der Waals surface area (Å²) in [5.74, 6) is 0. The second-order valence-corrected chi connectivity index (χ2v) is 10.6. The van der Waals surface area contributed by atoms with Gasteiger partial charge in [0.15, 0.2) is 0 Å². The van der Waals surface area contributed by atoms with Crippen LogP contribution in [0.15, 0.2) is 18.2 Å². The number of hydrogen-bond donors (Lipinski definition) is 0. The highest BCUT2D eigenvalue weighted by atomic mass is 28.3. The summed E-state index contributed by atoms with van der Waals surface area (Å²) < 4.78 is 0. The SMILES string of the molecule is CCN(CC)c1cc(C)cc([Si](C)(C)C)c1. The quantitative estimate of drug-likeness (QED) is 0.723. The van der Waals surface area contributed by atoms with Crippen molar-refractivity contribution in [1.29, 1.82) is 0 Å². The Morgan fingerprint density at radius 3 is 2.00 bits per heavy atom.